The van der Waals surface area contributed by atoms with Crippen LogP contribution < -0.4 is 14.8 Å². The van der Waals surface area contributed by atoms with Crippen molar-refractivity contribution >= 4 is 0 Å². The minimum atomic E-state index is 0.361. The van der Waals surface area contributed by atoms with E-state index in [4.69, 9.17) is 9.47 Å². The van der Waals surface area contributed by atoms with Gasteiger partial charge < -0.3 is 14.8 Å². The van der Waals surface area contributed by atoms with Gasteiger partial charge in [0.15, 0.2) is 11.5 Å². The molecule has 0 spiro atoms. The Labute approximate surface area is 126 Å². The molecule has 21 heavy (non-hydrogen) atoms. The first-order valence-electron chi connectivity index (χ1n) is 8.13. The Balaban J connectivity index is 1.32. The molecule has 3 unspecified atom stereocenters. The van der Waals surface area contributed by atoms with Gasteiger partial charge in [-0.25, -0.2) is 0 Å². The summed E-state index contributed by atoms with van der Waals surface area (Å²) in [6, 6.07) is 7.01. The van der Waals surface area contributed by atoms with E-state index in [9.17, 15) is 0 Å². The average molecular weight is 288 g/mol. The topological polar surface area (TPSA) is 33.7 Å². The summed E-state index contributed by atoms with van der Waals surface area (Å²) in [5, 5.41) is 3.51. The molecule has 0 radical (unpaired) electrons. The molecule has 3 heterocycles. The number of rotatable bonds is 4. The summed E-state index contributed by atoms with van der Waals surface area (Å²) < 4.78 is 10.8. The summed E-state index contributed by atoms with van der Waals surface area (Å²) >= 11 is 0. The first kappa shape index (κ1) is 13.4. The van der Waals surface area contributed by atoms with Crippen molar-refractivity contribution in [2.45, 2.75) is 25.8 Å². The van der Waals surface area contributed by atoms with Gasteiger partial charge in [-0.1, -0.05) is 6.07 Å². The van der Waals surface area contributed by atoms with Crippen LogP contribution in [0.5, 0.6) is 11.5 Å². The van der Waals surface area contributed by atoms with Crippen molar-refractivity contribution in [3.8, 4) is 11.5 Å². The molecule has 3 atom stereocenters. The number of likely N-dealkylation sites (tertiary alicyclic amines) is 1. The van der Waals surface area contributed by atoms with Gasteiger partial charge in [0.05, 0.1) is 0 Å². The van der Waals surface area contributed by atoms with E-state index in [2.05, 4.69) is 29.3 Å². The maximum atomic E-state index is 5.46. The average Bonchev–Trinajstić information content (AvgIpc) is 3.18. The van der Waals surface area contributed by atoms with Crippen LogP contribution in [0, 0.1) is 11.8 Å². The minimum Gasteiger partial charge on any atom is -0.454 e. The van der Waals surface area contributed by atoms with Gasteiger partial charge in [-0.05, 0) is 62.4 Å². The molecule has 4 heteroatoms. The number of benzene rings is 1. The highest BCUT2D eigenvalue weighted by atomic mass is 16.7. The molecule has 2 saturated heterocycles. The van der Waals surface area contributed by atoms with E-state index in [1.54, 1.807) is 0 Å². The number of ether oxygens (including phenoxy) is 2. The first-order chi connectivity index (χ1) is 10.3. The lowest BCUT2D eigenvalue weighted by Gasteiger charge is -2.25. The van der Waals surface area contributed by atoms with Gasteiger partial charge in [0.1, 0.15) is 0 Å². The van der Waals surface area contributed by atoms with Crippen molar-refractivity contribution in [1.29, 1.82) is 0 Å². The molecule has 0 aliphatic carbocycles. The van der Waals surface area contributed by atoms with Crippen molar-refractivity contribution in [3.05, 3.63) is 23.8 Å². The Morgan fingerprint density at radius 1 is 1.19 bits per heavy atom. The lowest BCUT2D eigenvalue weighted by molar-refractivity contribution is 0.174. The Morgan fingerprint density at radius 3 is 2.76 bits per heavy atom. The molecule has 1 aromatic carbocycles. The third kappa shape index (κ3) is 2.62. The van der Waals surface area contributed by atoms with Gasteiger partial charge in [0, 0.05) is 19.1 Å². The van der Waals surface area contributed by atoms with Crippen molar-refractivity contribution in [3.63, 3.8) is 0 Å². The summed E-state index contributed by atoms with van der Waals surface area (Å²) in [6.07, 6.45) is 2.33. The van der Waals surface area contributed by atoms with Crippen LogP contribution in [-0.4, -0.2) is 43.9 Å². The van der Waals surface area contributed by atoms with E-state index in [1.165, 1.54) is 38.2 Å². The highest BCUT2D eigenvalue weighted by molar-refractivity contribution is 5.44. The molecular formula is C17H24N2O2. The largest absolute Gasteiger partial charge is 0.454 e. The molecule has 0 bridgehead atoms. The van der Waals surface area contributed by atoms with Crippen LogP contribution >= 0.6 is 0 Å². The van der Waals surface area contributed by atoms with Crippen LogP contribution in [0.25, 0.3) is 0 Å². The van der Waals surface area contributed by atoms with Crippen molar-refractivity contribution in [1.82, 2.24) is 10.2 Å². The number of hydrogen-bond donors (Lipinski definition) is 1. The zero-order valence-corrected chi connectivity index (χ0v) is 12.7. The molecule has 0 amide bonds. The molecule has 3 aliphatic heterocycles. The standard InChI is InChI=1S/C17H24N2O2/c1-12(19-9-14-7-18-8-15(14)10-19)2-3-13-4-5-16-17(6-13)21-11-20-16/h4-6,12,14-15,18H,2-3,7-11H2,1H3. The normalized spacial score (nSPS) is 28.8. The fourth-order valence-corrected chi connectivity index (χ4v) is 3.91. The number of hydrogen-bond acceptors (Lipinski definition) is 4. The van der Waals surface area contributed by atoms with Crippen LogP contribution in [0.1, 0.15) is 18.9 Å². The van der Waals surface area contributed by atoms with Gasteiger partial charge in [-0.15, -0.1) is 0 Å². The second kappa shape index (κ2) is 5.50. The maximum absolute atomic E-state index is 5.46. The van der Waals surface area contributed by atoms with E-state index in [-0.39, 0.29) is 0 Å². The number of nitrogens with zero attached hydrogens (tertiary/aromatic N) is 1. The molecule has 1 N–H and O–H groups in total. The van der Waals surface area contributed by atoms with E-state index >= 15 is 0 Å². The summed E-state index contributed by atoms with van der Waals surface area (Å²) in [4.78, 5) is 2.68. The summed E-state index contributed by atoms with van der Waals surface area (Å²) in [5.41, 5.74) is 1.35. The lowest BCUT2D eigenvalue weighted by atomic mass is 10.0. The minimum absolute atomic E-state index is 0.361. The third-order valence-corrected chi connectivity index (χ3v) is 5.33. The molecule has 0 aromatic heterocycles. The van der Waals surface area contributed by atoms with E-state index in [0.717, 1.165) is 29.8 Å². The van der Waals surface area contributed by atoms with Crippen LogP contribution in [0.3, 0.4) is 0 Å². The van der Waals surface area contributed by atoms with Gasteiger partial charge >= 0.3 is 0 Å². The fraction of sp³-hybridized carbons (Fsp3) is 0.647. The van der Waals surface area contributed by atoms with Gasteiger partial charge in [-0.2, -0.15) is 0 Å². The number of nitrogens with one attached hydrogen (secondary N) is 1. The van der Waals surface area contributed by atoms with Crippen molar-refractivity contribution in [2.24, 2.45) is 11.8 Å². The predicted molar refractivity (Wildman–Crippen MR) is 81.8 cm³/mol. The number of aryl methyl sites for hydroxylation is 1. The summed E-state index contributed by atoms with van der Waals surface area (Å²) in [6.45, 7) is 7.73. The van der Waals surface area contributed by atoms with Gasteiger partial charge in [0.2, 0.25) is 6.79 Å². The maximum Gasteiger partial charge on any atom is 0.231 e. The monoisotopic (exact) mass is 288 g/mol. The van der Waals surface area contributed by atoms with Crippen molar-refractivity contribution < 1.29 is 9.47 Å². The Hall–Kier alpha value is -1.26. The SMILES string of the molecule is CC(CCc1ccc2c(c1)OCO2)N1CC2CNCC2C1. The van der Waals surface area contributed by atoms with Crippen molar-refractivity contribution in [2.75, 3.05) is 33.0 Å². The lowest BCUT2D eigenvalue weighted by Crippen LogP contribution is -2.34. The Morgan fingerprint density at radius 2 is 1.95 bits per heavy atom. The van der Waals surface area contributed by atoms with Crippen LogP contribution in [-0.2, 0) is 6.42 Å². The van der Waals surface area contributed by atoms with Gasteiger partial charge in [-0.3, -0.25) is 4.90 Å². The smallest absolute Gasteiger partial charge is 0.231 e. The molecule has 2 fully saturated rings. The predicted octanol–water partition coefficient (Wildman–Crippen LogP) is 1.89. The Bertz CT molecular complexity index is 508. The Kier molecular flexibility index (Phi) is 3.51. The van der Waals surface area contributed by atoms with Crippen LogP contribution in [0.15, 0.2) is 18.2 Å². The van der Waals surface area contributed by atoms with E-state index < -0.39 is 0 Å². The molecule has 114 valence electrons. The molecule has 4 rings (SSSR count). The van der Waals surface area contributed by atoms with E-state index in [0.29, 0.717) is 12.8 Å². The molecular weight excluding hydrogens is 264 g/mol. The molecule has 3 aliphatic rings. The molecule has 1 aromatic rings. The highest BCUT2D eigenvalue weighted by Crippen LogP contribution is 2.33. The summed E-state index contributed by atoms with van der Waals surface area (Å²) in [5.74, 6) is 3.56. The summed E-state index contributed by atoms with van der Waals surface area (Å²) in [7, 11) is 0. The van der Waals surface area contributed by atoms with Crippen LogP contribution in [0.2, 0.25) is 0 Å². The molecule has 4 nitrogen and oxygen atoms in total. The quantitative estimate of drug-likeness (QED) is 0.917. The highest BCUT2D eigenvalue weighted by Gasteiger charge is 2.37. The van der Waals surface area contributed by atoms with E-state index in [1.807, 2.05) is 6.07 Å². The second-order valence-electron chi connectivity index (χ2n) is 6.71. The van der Waals surface area contributed by atoms with Crippen LogP contribution in [0.4, 0.5) is 0 Å². The zero-order valence-electron chi connectivity index (χ0n) is 12.7. The number of fused-ring (bicyclic) bond motifs is 2. The molecule has 0 saturated carbocycles. The van der Waals surface area contributed by atoms with Gasteiger partial charge in [0.25, 0.3) is 0 Å². The first-order valence-corrected chi connectivity index (χ1v) is 8.13. The second-order valence-corrected chi connectivity index (χ2v) is 6.71. The third-order valence-electron chi connectivity index (χ3n) is 5.33. The fourth-order valence-electron chi connectivity index (χ4n) is 3.91. The zero-order chi connectivity index (χ0) is 14.2.